The Labute approximate surface area is 198 Å². The minimum atomic E-state index is -0.720. The Hall–Kier alpha value is -2.18. The van der Waals surface area contributed by atoms with Crippen molar-refractivity contribution in [1.82, 2.24) is 5.32 Å². The second kappa shape index (κ2) is 13.5. The van der Waals surface area contributed by atoms with Crippen molar-refractivity contribution in [1.29, 1.82) is 0 Å². The summed E-state index contributed by atoms with van der Waals surface area (Å²) in [5.41, 5.74) is 0.949. The van der Waals surface area contributed by atoms with E-state index in [1.165, 1.54) is 19.3 Å². The number of anilines is 1. The molecule has 0 aliphatic carbocycles. The third-order valence-electron chi connectivity index (χ3n) is 7.03. The average Bonchev–Trinajstić information content (AvgIpc) is 3.41. The molecule has 2 N–H and O–H groups in total. The van der Waals surface area contributed by atoms with Crippen LogP contribution in [0.2, 0.25) is 0 Å². The molecule has 2 fully saturated rings. The van der Waals surface area contributed by atoms with Crippen LogP contribution >= 0.6 is 0 Å². The molecule has 182 valence electrons. The number of benzene rings is 1. The van der Waals surface area contributed by atoms with E-state index in [0.29, 0.717) is 43.6 Å². The van der Waals surface area contributed by atoms with Crippen LogP contribution in [0.25, 0.3) is 0 Å². The Morgan fingerprint density at radius 1 is 1.09 bits per heavy atom. The lowest BCUT2D eigenvalue weighted by atomic mass is 9.75. The van der Waals surface area contributed by atoms with Gasteiger partial charge in [-0.25, -0.2) is 0 Å². The fourth-order valence-electron chi connectivity index (χ4n) is 5.37. The number of hydrogen-bond acceptors (Lipinski definition) is 4. The minimum Gasteiger partial charge on any atom is -0.481 e. The maximum atomic E-state index is 12.6. The lowest BCUT2D eigenvalue weighted by molar-refractivity contribution is -0.137. The number of likely N-dealkylation sites (N-methyl/N-ethyl adjacent to an activating group) is 1. The van der Waals surface area contributed by atoms with E-state index >= 15 is 0 Å². The molecule has 0 radical (unpaired) electrons. The molecular formula is C27H40N2O4. The molecule has 0 saturated carbocycles. The van der Waals surface area contributed by atoms with Crippen LogP contribution in [-0.2, 0) is 14.3 Å². The number of unbranched alkanes of at least 4 members (excludes halogenated alkanes) is 2. The summed E-state index contributed by atoms with van der Waals surface area (Å²) < 4.78 is 6.22. The fourth-order valence-corrected chi connectivity index (χ4v) is 5.37. The number of carbonyl (C=O) groups excluding carboxylic acids is 1. The summed E-state index contributed by atoms with van der Waals surface area (Å²) in [6.45, 7) is 3.90. The van der Waals surface area contributed by atoms with Crippen LogP contribution in [0.1, 0.15) is 64.7 Å². The maximum Gasteiger partial charge on any atom is 0.303 e. The first-order chi connectivity index (χ1) is 16.1. The first-order valence-electron chi connectivity index (χ1n) is 12.7. The van der Waals surface area contributed by atoms with Gasteiger partial charge in [0, 0.05) is 18.7 Å². The second-order valence-electron chi connectivity index (χ2n) is 9.26. The van der Waals surface area contributed by atoms with Crippen LogP contribution in [-0.4, -0.2) is 48.8 Å². The summed E-state index contributed by atoms with van der Waals surface area (Å²) in [5, 5.41) is 12.1. The molecule has 3 rings (SSSR count). The first-order valence-corrected chi connectivity index (χ1v) is 12.7. The van der Waals surface area contributed by atoms with Crippen molar-refractivity contribution in [2.45, 2.75) is 76.9 Å². The Morgan fingerprint density at radius 2 is 1.85 bits per heavy atom. The third-order valence-corrected chi connectivity index (χ3v) is 7.03. The van der Waals surface area contributed by atoms with Gasteiger partial charge in [0.25, 0.3) is 0 Å². The molecule has 33 heavy (non-hydrogen) atoms. The lowest BCUT2D eigenvalue weighted by Gasteiger charge is -2.27. The molecule has 6 nitrogen and oxygen atoms in total. The molecule has 1 aromatic carbocycles. The van der Waals surface area contributed by atoms with Gasteiger partial charge in [0.15, 0.2) is 0 Å². The molecule has 2 saturated heterocycles. The van der Waals surface area contributed by atoms with Gasteiger partial charge in [0.1, 0.15) is 0 Å². The zero-order chi connectivity index (χ0) is 23.5. The molecule has 2 heterocycles. The molecule has 2 bridgehead atoms. The van der Waals surface area contributed by atoms with Crippen LogP contribution < -0.4 is 10.2 Å². The highest BCUT2D eigenvalue weighted by molar-refractivity contribution is 5.94. The maximum absolute atomic E-state index is 12.6. The van der Waals surface area contributed by atoms with Crippen molar-refractivity contribution in [3.05, 3.63) is 42.5 Å². The number of para-hydroxylation sites is 1. The van der Waals surface area contributed by atoms with Gasteiger partial charge in [-0.2, -0.15) is 0 Å². The SMILES string of the molecule is CCN(C(=O)CNCCCC[C@H]1[C@@H](CC=CCCCC(=O)O)[C@H]2CC[C@@H]1O2)c1ccccc1. The van der Waals surface area contributed by atoms with E-state index in [-0.39, 0.29) is 12.3 Å². The van der Waals surface area contributed by atoms with E-state index in [1.54, 1.807) is 0 Å². The van der Waals surface area contributed by atoms with Crippen molar-refractivity contribution < 1.29 is 19.4 Å². The number of aliphatic carboxylic acids is 1. The molecule has 2 aliphatic heterocycles. The highest BCUT2D eigenvalue weighted by Gasteiger charge is 2.47. The van der Waals surface area contributed by atoms with E-state index in [9.17, 15) is 9.59 Å². The number of rotatable bonds is 15. The van der Waals surface area contributed by atoms with Gasteiger partial charge in [-0.15, -0.1) is 0 Å². The van der Waals surface area contributed by atoms with Crippen LogP contribution in [0, 0.1) is 11.8 Å². The summed E-state index contributed by atoms with van der Waals surface area (Å²) in [4.78, 5) is 25.0. The van der Waals surface area contributed by atoms with Gasteiger partial charge in [-0.05, 0) is 82.4 Å². The Balaban J connectivity index is 1.32. The number of fused-ring (bicyclic) bond motifs is 2. The van der Waals surface area contributed by atoms with E-state index in [1.807, 2.05) is 42.2 Å². The monoisotopic (exact) mass is 456 g/mol. The Kier molecular flexibility index (Phi) is 10.4. The lowest BCUT2D eigenvalue weighted by Crippen LogP contribution is -2.38. The van der Waals surface area contributed by atoms with Crippen molar-refractivity contribution in [3.63, 3.8) is 0 Å². The first kappa shape index (κ1) is 25.4. The predicted octanol–water partition coefficient (Wildman–Crippen LogP) is 4.79. The molecule has 0 unspecified atom stereocenters. The normalized spacial score (nSPS) is 23.9. The third kappa shape index (κ3) is 7.68. The van der Waals surface area contributed by atoms with E-state index < -0.39 is 5.97 Å². The molecule has 6 heteroatoms. The number of nitrogens with zero attached hydrogens (tertiary/aromatic N) is 1. The smallest absolute Gasteiger partial charge is 0.303 e. The van der Waals surface area contributed by atoms with Crippen LogP contribution in [0.15, 0.2) is 42.5 Å². The Bertz CT molecular complexity index is 767. The van der Waals surface area contributed by atoms with Gasteiger partial charge in [-0.1, -0.05) is 36.8 Å². The fraction of sp³-hybridized carbons (Fsp3) is 0.630. The quantitative estimate of drug-likeness (QED) is 0.293. The topological polar surface area (TPSA) is 78.9 Å². The number of carbonyl (C=O) groups is 2. The summed E-state index contributed by atoms with van der Waals surface area (Å²) >= 11 is 0. The number of allylic oxidation sites excluding steroid dienone is 2. The number of amides is 1. The zero-order valence-electron chi connectivity index (χ0n) is 20.0. The highest BCUT2D eigenvalue weighted by Crippen LogP contribution is 2.47. The highest BCUT2D eigenvalue weighted by atomic mass is 16.5. The largest absolute Gasteiger partial charge is 0.481 e. The number of carboxylic acids is 1. The molecule has 0 aromatic heterocycles. The van der Waals surface area contributed by atoms with E-state index in [2.05, 4.69) is 17.5 Å². The minimum absolute atomic E-state index is 0.111. The molecule has 1 aromatic rings. The average molecular weight is 457 g/mol. The summed E-state index contributed by atoms with van der Waals surface area (Å²) in [6, 6.07) is 9.83. The van der Waals surface area contributed by atoms with E-state index in [4.69, 9.17) is 9.84 Å². The number of hydrogen-bond donors (Lipinski definition) is 2. The molecule has 1 amide bonds. The van der Waals surface area contributed by atoms with Crippen LogP contribution in [0.3, 0.4) is 0 Å². The van der Waals surface area contributed by atoms with Crippen molar-refractivity contribution in [2.75, 3.05) is 24.5 Å². The summed E-state index contributed by atoms with van der Waals surface area (Å²) in [7, 11) is 0. The second-order valence-corrected chi connectivity index (χ2v) is 9.26. The molecule has 0 spiro atoms. The Morgan fingerprint density at radius 3 is 2.58 bits per heavy atom. The number of carboxylic acid groups (broad SMARTS) is 1. The molecule has 4 atom stereocenters. The van der Waals surface area contributed by atoms with Crippen molar-refractivity contribution in [3.8, 4) is 0 Å². The standard InChI is InChI=1S/C27H40N2O4/c1-2-29(21-12-6-5-7-13-21)26(30)20-28-19-11-10-15-23-22(24-17-18-25(23)33-24)14-8-3-4-9-16-27(31)32/h3,5-8,12-13,22-25,28H,2,4,9-11,14-20H2,1H3,(H,31,32)/t22-,23+,24-,25+/m1/s1. The van der Waals surface area contributed by atoms with Crippen molar-refractivity contribution >= 4 is 17.6 Å². The van der Waals surface area contributed by atoms with Gasteiger partial charge in [-0.3, -0.25) is 9.59 Å². The van der Waals surface area contributed by atoms with Crippen LogP contribution in [0.4, 0.5) is 5.69 Å². The molecule has 2 aliphatic rings. The summed E-state index contributed by atoms with van der Waals surface area (Å²) in [5.74, 6) is 0.615. The van der Waals surface area contributed by atoms with Crippen molar-refractivity contribution in [2.24, 2.45) is 11.8 Å². The zero-order valence-corrected chi connectivity index (χ0v) is 20.0. The summed E-state index contributed by atoms with van der Waals surface area (Å²) in [6.07, 6.45) is 13.8. The van der Waals surface area contributed by atoms with Crippen LogP contribution in [0.5, 0.6) is 0 Å². The molecular weight excluding hydrogens is 416 g/mol. The number of ether oxygens (including phenoxy) is 1. The van der Waals surface area contributed by atoms with Gasteiger partial charge < -0.3 is 20.1 Å². The van der Waals surface area contributed by atoms with Gasteiger partial charge in [0.05, 0.1) is 18.8 Å². The predicted molar refractivity (Wildman–Crippen MR) is 131 cm³/mol. The van der Waals surface area contributed by atoms with E-state index in [0.717, 1.165) is 37.9 Å². The van der Waals surface area contributed by atoms with Gasteiger partial charge >= 0.3 is 5.97 Å². The van der Waals surface area contributed by atoms with Gasteiger partial charge in [0.2, 0.25) is 5.91 Å². The number of nitrogens with one attached hydrogen (secondary N) is 1.